The maximum atomic E-state index is 6.03. The molecule has 0 bridgehead atoms. The molecular weight excluding hydrogens is 210 g/mol. The molecule has 2 N–H and O–H groups in total. The van der Waals surface area contributed by atoms with Crippen molar-refractivity contribution in [2.24, 2.45) is 0 Å². The van der Waals surface area contributed by atoms with Gasteiger partial charge in [0.1, 0.15) is 5.75 Å². The van der Waals surface area contributed by atoms with E-state index in [0.29, 0.717) is 0 Å². The SMILES string of the molecule is CCC(CC)Oc1ccc(N)c2ccccc12. The number of nitrogens with two attached hydrogens (primary N) is 1. The molecule has 2 rings (SSSR count). The van der Waals surface area contributed by atoms with Gasteiger partial charge in [0.15, 0.2) is 0 Å². The van der Waals surface area contributed by atoms with E-state index >= 15 is 0 Å². The van der Waals surface area contributed by atoms with Gasteiger partial charge in [-0.25, -0.2) is 0 Å². The summed E-state index contributed by atoms with van der Waals surface area (Å²) in [5, 5.41) is 2.16. The molecule has 90 valence electrons. The predicted molar refractivity (Wildman–Crippen MR) is 73.4 cm³/mol. The molecule has 0 spiro atoms. The van der Waals surface area contributed by atoms with E-state index in [-0.39, 0.29) is 6.10 Å². The van der Waals surface area contributed by atoms with Gasteiger partial charge in [0.05, 0.1) is 6.10 Å². The van der Waals surface area contributed by atoms with Gasteiger partial charge >= 0.3 is 0 Å². The Bertz CT molecular complexity index is 503. The summed E-state index contributed by atoms with van der Waals surface area (Å²) in [4.78, 5) is 0. The third-order valence-corrected chi connectivity index (χ3v) is 3.12. The van der Waals surface area contributed by atoms with Gasteiger partial charge in [-0.2, -0.15) is 0 Å². The Balaban J connectivity index is 2.44. The summed E-state index contributed by atoms with van der Waals surface area (Å²) in [5.41, 5.74) is 6.77. The highest BCUT2D eigenvalue weighted by Gasteiger charge is 2.09. The Morgan fingerprint density at radius 2 is 1.65 bits per heavy atom. The summed E-state index contributed by atoms with van der Waals surface area (Å²) in [6.45, 7) is 4.29. The lowest BCUT2D eigenvalue weighted by atomic mass is 10.1. The zero-order valence-corrected chi connectivity index (χ0v) is 10.4. The van der Waals surface area contributed by atoms with E-state index in [1.165, 1.54) is 0 Å². The number of rotatable bonds is 4. The second-order valence-corrected chi connectivity index (χ2v) is 4.25. The number of ether oxygens (including phenoxy) is 1. The van der Waals surface area contributed by atoms with Crippen LogP contribution in [-0.2, 0) is 0 Å². The number of fused-ring (bicyclic) bond motifs is 1. The highest BCUT2D eigenvalue weighted by molar-refractivity contribution is 5.96. The van der Waals surface area contributed by atoms with Crippen LogP contribution in [0.3, 0.4) is 0 Å². The zero-order chi connectivity index (χ0) is 12.3. The van der Waals surface area contributed by atoms with E-state index in [2.05, 4.69) is 19.9 Å². The molecule has 0 aliphatic carbocycles. The Hall–Kier alpha value is -1.70. The van der Waals surface area contributed by atoms with E-state index in [4.69, 9.17) is 10.5 Å². The van der Waals surface area contributed by atoms with Crippen molar-refractivity contribution in [1.29, 1.82) is 0 Å². The van der Waals surface area contributed by atoms with Gasteiger partial charge in [0, 0.05) is 16.5 Å². The topological polar surface area (TPSA) is 35.2 Å². The summed E-state index contributed by atoms with van der Waals surface area (Å²) >= 11 is 0. The van der Waals surface area contributed by atoms with Gasteiger partial charge in [-0.05, 0) is 25.0 Å². The highest BCUT2D eigenvalue weighted by Crippen LogP contribution is 2.31. The highest BCUT2D eigenvalue weighted by atomic mass is 16.5. The number of benzene rings is 2. The second kappa shape index (κ2) is 5.09. The van der Waals surface area contributed by atoms with Crippen molar-refractivity contribution in [1.82, 2.24) is 0 Å². The monoisotopic (exact) mass is 229 g/mol. The maximum absolute atomic E-state index is 6.03. The summed E-state index contributed by atoms with van der Waals surface area (Å²) in [5.74, 6) is 0.934. The van der Waals surface area contributed by atoms with Crippen molar-refractivity contribution in [2.45, 2.75) is 32.8 Å². The minimum atomic E-state index is 0.280. The molecule has 2 aromatic rings. The van der Waals surface area contributed by atoms with Crippen LogP contribution in [0.25, 0.3) is 10.8 Å². The number of anilines is 1. The average Bonchev–Trinajstić information content (AvgIpc) is 2.38. The molecule has 0 fully saturated rings. The van der Waals surface area contributed by atoms with Crippen LogP contribution in [-0.4, -0.2) is 6.10 Å². The maximum Gasteiger partial charge on any atom is 0.127 e. The quantitative estimate of drug-likeness (QED) is 0.804. The lowest BCUT2D eigenvalue weighted by Crippen LogP contribution is -2.13. The number of hydrogen-bond donors (Lipinski definition) is 1. The molecule has 17 heavy (non-hydrogen) atoms. The van der Waals surface area contributed by atoms with Gasteiger partial charge in [-0.1, -0.05) is 38.1 Å². The Morgan fingerprint density at radius 3 is 2.29 bits per heavy atom. The fraction of sp³-hybridized carbons (Fsp3) is 0.333. The summed E-state index contributed by atoms with van der Waals surface area (Å²) in [6.07, 6.45) is 2.33. The summed E-state index contributed by atoms with van der Waals surface area (Å²) < 4.78 is 6.03. The van der Waals surface area contributed by atoms with Crippen LogP contribution >= 0.6 is 0 Å². The molecule has 0 atom stereocenters. The van der Waals surface area contributed by atoms with Gasteiger partial charge in [0.2, 0.25) is 0 Å². The van der Waals surface area contributed by atoms with Crippen LogP contribution in [0.2, 0.25) is 0 Å². The van der Waals surface area contributed by atoms with Crippen LogP contribution < -0.4 is 10.5 Å². The first-order chi connectivity index (χ1) is 8.26. The second-order valence-electron chi connectivity index (χ2n) is 4.25. The van der Waals surface area contributed by atoms with E-state index in [1.54, 1.807) is 0 Å². The first-order valence-corrected chi connectivity index (χ1v) is 6.20. The molecule has 0 aliphatic rings. The normalized spacial score (nSPS) is 11.0. The molecule has 0 radical (unpaired) electrons. The van der Waals surface area contributed by atoms with Crippen molar-refractivity contribution >= 4 is 16.5 Å². The zero-order valence-electron chi connectivity index (χ0n) is 10.4. The number of nitrogen functional groups attached to an aromatic ring is 1. The van der Waals surface area contributed by atoms with Gasteiger partial charge < -0.3 is 10.5 Å². The Morgan fingerprint density at radius 1 is 1.00 bits per heavy atom. The van der Waals surface area contributed by atoms with Gasteiger partial charge in [0.25, 0.3) is 0 Å². The summed E-state index contributed by atoms with van der Waals surface area (Å²) in [7, 11) is 0. The first-order valence-electron chi connectivity index (χ1n) is 6.20. The first kappa shape index (κ1) is 11.8. The smallest absolute Gasteiger partial charge is 0.127 e. The third-order valence-electron chi connectivity index (χ3n) is 3.12. The lowest BCUT2D eigenvalue weighted by molar-refractivity contribution is 0.195. The van der Waals surface area contributed by atoms with E-state index in [9.17, 15) is 0 Å². The van der Waals surface area contributed by atoms with E-state index in [1.807, 2.05) is 30.3 Å². The molecule has 0 amide bonds. The Kier molecular flexibility index (Phi) is 3.52. The Labute approximate surface area is 102 Å². The molecule has 0 aromatic heterocycles. The molecule has 0 heterocycles. The fourth-order valence-electron chi connectivity index (χ4n) is 2.03. The van der Waals surface area contributed by atoms with Crippen LogP contribution in [0.5, 0.6) is 5.75 Å². The summed E-state index contributed by atoms with van der Waals surface area (Å²) in [6, 6.07) is 12.0. The molecular formula is C15H19NO. The largest absolute Gasteiger partial charge is 0.490 e. The van der Waals surface area contributed by atoms with Crippen LogP contribution in [0, 0.1) is 0 Å². The van der Waals surface area contributed by atoms with Crippen molar-refractivity contribution in [2.75, 3.05) is 5.73 Å². The molecule has 2 heteroatoms. The predicted octanol–water partition coefficient (Wildman–Crippen LogP) is 3.99. The van der Waals surface area contributed by atoms with Gasteiger partial charge in [-0.15, -0.1) is 0 Å². The van der Waals surface area contributed by atoms with Crippen LogP contribution in [0.15, 0.2) is 36.4 Å². The molecule has 2 nitrogen and oxygen atoms in total. The lowest BCUT2D eigenvalue weighted by Gasteiger charge is -2.17. The molecule has 0 unspecified atom stereocenters. The van der Waals surface area contributed by atoms with Crippen molar-refractivity contribution in [3.63, 3.8) is 0 Å². The average molecular weight is 229 g/mol. The fourth-order valence-corrected chi connectivity index (χ4v) is 2.03. The van der Waals surface area contributed by atoms with Crippen molar-refractivity contribution in [3.05, 3.63) is 36.4 Å². The molecule has 2 aromatic carbocycles. The standard InChI is InChI=1S/C15H19NO/c1-3-11(4-2)17-15-10-9-14(16)12-7-5-6-8-13(12)15/h5-11H,3-4,16H2,1-2H3. The molecule has 0 saturated carbocycles. The van der Waals surface area contributed by atoms with Gasteiger partial charge in [-0.3, -0.25) is 0 Å². The molecule has 0 saturated heterocycles. The molecule has 0 aliphatic heterocycles. The minimum Gasteiger partial charge on any atom is -0.490 e. The van der Waals surface area contributed by atoms with Crippen molar-refractivity contribution < 1.29 is 4.74 Å². The van der Waals surface area contributed by atoms with Crippen LogP contribution in [0.4, 0.5) is 5.69 Å². The van der Waals surface area contributed by atoms with E-state index in [0.717, 1.165) is 35.1 Å². The number of hydrogen-bond acceptors (Lipinski definition) is 2. The van der Waals surface area contributed by atoms with E-state index < -0.39 is 0 Å². The van der Waals surface area contributed by atoms with Crippen molar-refractivity contribution in [3.8, 4) is 5.75 Å². The van der Waals surface area contributed by atoms with Crippen LogP contribution in [0.1, 0.15) is 26.7 Å². The minimum absolute atomic E-state index is 0.280. The third kappa shape index (κ3) is 2.36.